The largest absolute Gasteiger partial charge is 0.407 e. The van der Waals surface area contributed by atoms with Crippen molar-refractivity contribution in [2.45, 2.75) is 66.1 Å². The molecule has 1 rings (SSSR count). The summed E-state index contributed by atoms with van der Waals surface area (Å²) >= 11 is 0. The first-order chi connectivity index (χ1) is 8.51. The zero-order valence-corrected chi connectivity index (χ0v) is 12.2. The number of rotatable bonds is 8. The highest BCUT2D eigenvalue weighted by molar-refractivity contribution is 5.18. The van der Waals surface area contributed by atoms with Gasteiger partial charge in [-0.25, -0.2) is 0 Å². The molecule has 1 aromatic heterocycles. The van der Waals surface area contributed by atoms with E-state index < -0.39 is 0 Å². The minimum absolute atomic E-state index is 0.353. The summed E-state index contributed by atoms with van der Waals surface area (Å²) in [4.78, 5) is 0. The lowest BCUT2D eigenvalue weighted by Crippen LogP contribution is -2.22. The predicted molar refractivity (Wildman–Crippen MR) is 73.4 cm³/mol. The van der Waals surface area contributed by atoms with E-state index in [1.54, 1.807) is 0 Å². The number of hydrogen-bond acceptors (Lipinski definition) is 5. The van der Waals surface area contributed by atoms with E-state index >= 15 is 0 Å². The summed E-state index contributed by atoms with van der Waals surface area (Å²) in [5.41, 5.74) is 0. The van der Waals surface area contributed by atoms with Gasteiger partial charge in [0.15, 0.2) is 0 Å². The lowest BCUT2D eigenvalue weighted by Gasteiger charge is -2.15. The first-order valence-corrected chi connectivity index (χ1v) is 6.83. The fraction of sp³-hybridized carbons (Fsp3) is 0.846. The standard InChI is InChI=1S/C13H26N4O/c1-6-10(4)7-11(5)15-13-17-16-12(18-13)8-14-9(2)3/h9-11,14H,6-8H2,1-5H3,(H,15,17). The molecule has 0 saturated carbocycles. The molecule has 104 valence electrons. The molecule has 0 fully saturated rings. The monoisotopic (exact) mass is 254 g/mol. The molecule has 0 aromatic carbocycles. The average molecular weight is 254 g/mol. The Morgan fingerprint density at radius 3 is 2.50 bits per heavy atom. The van der Waals surface area contributed by atoms with E-state index in [2.05, 4.69) is 55.4 Å². The molecule has 0 amide bonds. The van der Waals surface area contributed by atoms with Gasteiger partial charge in [0.2, 0.25) is 5.89 Å². The van der Waals surface area contributed by atoms with E-state index in [-0.39, 0.29) is 0 Å². The number of nitrogens with zero attached hydrogens (tertiary/aromatic N) is 2. The predicted octanol–water partition coefficient (Wildman–Crippen LogP) is 2.80. The molecular formula is C13H26N4O. The van der Waals surface area contributed by atoms with Gasteiger partial charge in [0, 0.05) is 12.1 Å². The molecule has 0 aliphatic carbocycles. The lowest BCUT2D eigenvalue weighted by atomic mass is 10.0. The van der Waals surface area contributed by atoms with E-state index in [1.165, 1.54) is 6.42 Å². The number of aromatic nitrogens is 2. The van der Waals surface area contributed by atoms with Gasteiger partial charge in [0.1, 0.15) is 0 Å². The highest BCUT2D eigenvalue weighted by Crippen LogP contribution is 2.14. The van der Waals surface area contributed by atoms with Crippen molar-refractivity contribution in [1.29, 1.82) is 0 Å². The summed E-state index contributed by atoms with van der Waals surface area (Å²) < 4.78 is 5.52. The van der Waals surface area contributed by atoms with Crippen LogP contribution in [0.15, 0.2) is 4.42 Å². The van der Waals surface area contributed by atoms with E-state index in [1.807, 2.05) is 0 Å². The Bertz CT molecular complexity index is 337. The fourth-order valence-electron chi connectivity index (χ4n) is 1.71. The molecule has 1 heterocycles. The van der Waals surface area contributed by atoms with E-state index in [4.69, 9.17) is 4.42 Å². The van der Waals surface area contributed by atoms with Crippen molar-refractivity contribution >= 4 is 6.01 Å². The minimum Gasteiger partial charge on any atom is -0.407 e. The normalized spacial score (nSPS) is 14.8. The maximum atomic E-state index is 5.52. The summed E-state index contributed by atoms with van der Waals surface area (Å²) in [5, 5.41) is 14.5. The van der Waals surface area contributed by atoms with Crippen molar-refractivity contribution in [1.82, 2.24) is 15.5 Å². The van der Waals surface area contributed by atoms with Gasteiger partial charge < -0.3 is 15.1 Å². The molecule has 0 aliphatic heterocycles. The van der Waals surface area contributed by atoms with Gasteiger partial charge in [-0.15, -0.1) is 5.10 Å². The van der Waals surface area contributed by atoms with Crippen LogP contribution in [0.4, 0.5) is 6.01 Å². The van der Waals surface area contributed by atoms with E-state index in [9.17, 15) is 0 Å². The summed E-state index contributed by atoms with van der Waals surface area (Å²) in [5.74, 6) is 1.33. The Balaban J connectivity index is 2.38. The lowest BCUT2D eigenvalue weighted by molar-refractivity contribution is 0.444. The Labute approximate surface area is 110 Å². The van der Waals surface area contributed by atoms with Gasteiger partial charge in [-0.2, -0.15) is 0 Å². The van der Waals surface area contributed by atoms with E-state index in [0.29, 0.717) is 36.5 Å². The quantitative estimate of drug-likeness (QED) is 0.747. The van der Waals surface area contributed by atoms with Crippen LogP contribution in [-0.2, 0) is 6.54 Å². The molecular weight excluding hydrogens is 228 g/mol. The summed E-state index contributed by atoms with van der Waals surface area (Å²) in [7, 11) is 0. The average Bonchev–Trinajstić information content (AvgIpc) is 2.73. The molecule has 2 unspecified atom stereocenters. The molecule has 0 bridgehead atoms. The van der Waals surface area contributed by atoms with Crippen LogP contribution in [-0.4, -0.2) is 22.3 Å². The molecule has 5 nitrogen and oxygen atoms in total. The van der Waals surface area contributed by atoms with Crippen LogP contribution in [0, 0.1) is 5.92 Å². The smallest absolute Gasteiger partial charge is 0.315 e. The first-order valence-electron chi connectivity index (χ1n) is 6.83. The summed E-state index contributed by atoms with van der Waals surface area (Å²) in [6, 6.07) is 1.29. The van der Waals surface area contributed by atoms with Gasteiger partial charge in [-0.05, 0) is 19.3 Å². The Hall–Kier alpha value is -1.10. The third kappa shape index (κ3) is 5.49. The van der Waals surface area contributed by atoms with Gasteiger partial charge in [0.05, 0.1) is 6.54 Å². The summed E-state index contributed by atoms with van der Waals surface area (Å²) in [6.07, 6.45) is 2.30. The molecule has 0 saturated heterocycles. The Morgan fingerprint density at radius 1 is 1.17 bits per heavy atom. The number of hydrogen-bond donors (Lipinski definition) is 2. The molecule has 5 heteroatoms. The molecule has 2 N–H and O–H groups in total. The third-order valence-electron chi connectivity index (χ3n) is 2.95. The van der Waals surface area contributed by atoms with Crippen molar-refractivity contribution < 1.29 is 4.42 Å². The summed E-state index contributed by atoms with van der Waals surface area (Å²) in [6.45, 7) is 11.4. The first kappa shape index (κ1) is 15.0. The van der Waals surface area contributed by atoms with Gasteiger partial charge >= 0.3 is 6.01 Å². The molecule has 18 heavy (non-hydrogen) atoms. The second-order valence-corrected chi connectivity index (χ2v) is 5.33. The van der Waals surface area contributed by atoms with Crippen LogP contribution in [0.25, 0.3) is 0 Å². The molecule has 1 aromatic rings. The zero-order chi connectivity index (χ0) is 13.5. The highest BCUT2D eigenvalue weighted by atomic mass is 16.4. The topological polar surface area (TPSA) is 63.0 Å². The fourth-order valence-corrected chi connectivity index (χ4v) is 1.71. The van der Waals surface area contributed by atoms with Crippen molar-refractivity contribution in [2.24, 2.45) is 5.92 Å². The molecule has 0 radical (unpaired) electrons. The van der Waals surface area contributed by atoms with Crippen molar-refractivity contribution in [3.05, 3.63) is 5.89 Å². The Morgan fingerprint density at radius 2 is 1.89 bits per heavy atom. The van der Waals surface area contributed by atoms with Crippen LogP contribution in [0.1, 0.15) is 53.4 Å². The molecule has 0 spiro atoms. The van der Waals surface area contributed by atoms with Crippen molar-refractivity contribution in [3.63, 3.8) is 0 Å². The minimum atomic E-state index is 0.353. The van der Waals surface area contributed by atoms with Crippen molar-refractivity contribution in [2.75, 3.05) is 5.32 Å². The molecule has 2 atom stereocenters. The van der Waals surface area contributed by atoms with Crippen LogP contribution >= 0.6 is 0 Å². The highest BCUT2D eigenvalue weighted by Gasteiger charge is 2.11. The second-order valence-electron chi connectivity index (χ2n) is 5.33. The van der Waals surface area contributed by atoms with Crippen LogP contribution < -0.4 is 10.6 Å². The van der Waals surface area contributed by atoms with Crippen LogP contribution in [0.2, 0.25) is 0 Å². The van der Waals surface area contributed by atoms with Crippen molar-refractivity contribution in [3.8, 4) is 0 Å². The van der Waals surface area contributed by atoms with Gasteiger partial charge in [-0.3, -0.25) is 0 Å². The maximum Gasteiger partial charge on any atom is 0.315 e. The van der Waals surface area contributed by atoms with Crippen LogP contribution in [0.3, 0.4) is 0 Å². The number of anilines is 1. The van der Waals surface area contributed by atoms with Gasteiger partial charge in [-0.1, -0.05) is 39.2 Å². The third-order valence-corrected chi connectivity index (χ3v) is 2.95. The second kappa shape index (κ2) is 7.36. The Kier molecular flexibility index (Phi) is 6.12. The zero-order valence-electron chi connectivity index (χ0n) is 12.2. The number of nitrogens with one attached hydrogen (secondary N) is 2. The maximum absolute atomic E-state index is 5.52. The van der Waals surface area contributed by atoms with Gasteiger partial charge in [0.25, 0.3) is 0 Å². The van der Waals surface area contributed by atoms with Crippen LogP contribution in [0.5, 0.6) is 0 Å². The SMILES string of the molecule is CCC(C)CC(C)Nc1nnc(CNC(C)C)o1. The van der Waals surface area contributed by atoms with E-state index in [0.717, 1.165) is 6.42 Å². The molecule has 0 aliphatic rings.